The Kier molecular flexibility index (Phi) is 2.30. The highest BCUT2D eigenvalue weighted by Gasteiger charge is 2.18. The summed E-state index contributed by atoms with van der Waals surface area (Å²) in [6.45, 7) is 4.20. The molecule has 0 bridgehead atoms. The van der Waals surface area contributed by atoms with E-state index >= 15 is 0 Å². The third-order valence-electron chi connectivity index (χ3n) is 2.32. The molecule has 0 aromatic carbocycles. The fourth-order valence-corrected chi connectivity index (χ4v) is 1.54. The normalized spacial score (nSPS) is 11.3. The maximum Gasteiger partial charge on any atom is 0.165 e. The van der Waals surface area contributed by atoms with E-state index in [-0.39, 0.29) is 0 Å². The smallest absolute Gasteiger partial charge is 0.165 e. The van der Waals surface area contributed by atoms with E-state index in [2.05, 4.69) is 28.8 Å². The van der Waals surface area contributed by atoms with Crippen LogP contribution in [0.4, 0.5) is 5.82 Å². The number of nitrogens with zero attached hydrogens (tertiary/aromatic N) is 5. The summed E-state index contributed by atoms with van der Waals surface area (Å²) >= 11 is 0. The number of hydrogen-bond donors (Lipinski definition) is 0. The number of aromatic nitrogens is 4. The quantitative estimate of drug-likeness (QED) is 0.744. The van der Waals surface area contributed by atoms with Gasteiger partial charge in [-0.15, -0.1) is 0 Å². The first kappa shape index (κ1) is 9.89. The Hall–Kier alpha value is -1.65. The van der Waals surface area contributed by atoms with Crippen molar-refractivity contribution < 1.29 is 0 Å². The zero-order valence-corrected chi connectivity index (χ0v) is 9.47. The maximum atomic E-state index is 4.39. The van der Waals surface area contributed by atoms with Gasteiger partial charge in [-0.3, -0.25) is 0 Å². The van der Waals surface area contributed by atoms with Gasteiger partial charge in [0.25, 0.3) is 0 Å². The Bertz CT molecular complexity index is 393. The molecule has 0 aromatic heterocycles. The topological polar surface area (TPSA) is 46.8 Å². The first-order chi connectivity index (χ1) is 7.11. The van der Waals surface area contributed by atoms with Crippen LogP contribution in [0.15, 0.2) is 12.7 Å². The molecule has 15 heavy (non-hydrogen) atoms. The van der Waals surface area contributed by atoms with Crippen LogP contribution in [0.3, 0.4) is 0 Å². The van der Waals surface area contributed by atoms with E-state index in [1.165, 1.54) is 0 Å². The first-order valence-corrected chi connectivity index (χ1v) is 4.96. The third kappa shape index (κ3) is 1.54. The lowest BCUT2D eigenvalue weighted by atomic mass is 10.3. The molecule has 0 atom stereocenters. The standard InChI is InChI=1S/C10H15N5/c1-7(2)15-6-13-9(14(3)4)8-10(15)12-5-11-8/h5-7H,1-4H3. The summed E-state index contributed by atoms with van der Waals surface area (Å²) in [5.74, 6) is 1.75. The van der Waals surface area contributed by atoms with Crippen molar-refractivity contribution >= 4 is 5.82 Å². The average molecular weight is 205 g/mol. The van der Waals surface area contributed by atoms with E-state index in [4.69, 9.17) is 0 Å². The molecular formula is C10H15N5. The van der Waals surface area contributed by atoms with Crippen molar-refractivity contribution in [2.75, 3.05) is 19.0 Å². The number of imidazole rings is 1. The molecule has 0 amide bonds. The minimum absolute atomic E-state index is 0.341. The molecular weight excluding hydrogens is 190 g/mol. The molecule has 0 saturated carbocycles. The van der Waals surface area contributed by atoms with E-state index in [0.717, 1.165) is 17.3 Å². The van der Waals surface area contributed by atoms with Crippen molar-refractivity contribution in [2.45, 2.75) is 19.9 Å². The molecule has 2 aliphatic rings. The van der Waals surface area contributed by atoms with Gasteiger partial charge in [-0.2, -0.15) is 0 Å². The van der Waals surface area contributed by atoms with E-state index in [1.54, 1.807) is 6.33 Å². The molecule has 0 fully saturated rings. The fourth-order valence-electron chi connectivity index (χ4n) is 1.54. The van der Waals surface area contributed by atoms with Crippen LogP contribution in [0.25, 0.3) is 11.5 Å². The van der Waals surface area contributed by atoms with Crippen LogP contribution < -0.4 is 4.90 Å². The monoisotopic (exact) mass is 205 g/mol. The molecule has 0 aliphatic carbocycles. The first-order valence-electron chi connectivity index (χ1n) is 4.96. The number of rotatable bonds is 2. The van der Waals surface area contributed by atoms with Gasteiger partial charge in [0, 0.05) is 20.1 Å². The second kappa shape index (κ2) is 3.49. The van der Waals surface area contributed by atoms with Gasteiger partial charge >= 0.3 is 0 Å². The highest BCUT2D eigenvalue weighted by atomic mass is 15.2. The molecule has 0 spiro atoms. The summed E-state index contributed by atoms with van der Waals surface area (Å²) in [5.41, 5.74) is 0.858. The van der Waals surface area contributed by atoms with Crippen molar-refractivity contribution in [3.8, 4) is 11.5 Å². The molecule has 0 saturated heterocycles. The second-order valence-electron chi connectivity index (χ2n) is 4.01. The van der Waals surface area contributed by atoms with Gasteiger partial charge in [-0.05, 0) is 13.8 Å². The van der Waals surface area contributed by atoms with Gasteiger partial charge in [0.05, 0.1) is 6.33 Å². The van der Waals surface area contributed by atoms with Crippen LogP contribution in [-0.4, -0.2) is 33.6 Å². The number of anilines is 1. The maximum absolute atomic E-state index is 4.39. The third-order valence-corrected chi connectivity index (χ3v) is 2.32. The Morgan fingerprint density at radius 3 is 2.53 bits per heavy atom. The van der Waals surface area contributed by atoms with Gasteiger partial charge in [-0.1, -0.05) is 0 Å². The summed E-state index contributed by atoms with van der Waals surface area (Å²) in [6, 6.07) is 0.341. The predicted octanol–water partition coefficient (Wildman–Crippen LogP) is 1.42. The van der Waals surface area contributed by atoms with Crippen LogP contribution >= 0.6 is 0 Å². The van der Waals surface area contributed by atoms with Crippen molar-refractivity contribution in [1.29, 1.82) is 0 Å². The van der Waals surface area contributed by atoms with Crippen LogP contribution in [-0.2, 0) is 0 Å². The molecule has 0 N–H and O–H groups in total. The molecule has 0 radical (unpaired) electrons. The average Bonchev–Trinajstić information content (AvgIpc) is 2.63. The molecule has 0 aromatic rings. The molecule has 5 nitrogen and oxygen atoms in total. The number of hydrogen-bond acceptors (Lipinski definition) is 4. The highest BCUT2D eigenvalue weighted by Crippen LogP contribution is 2.27. The van der Waals surface area contributed by atoms with Gasteiger partial charge in [0.15, 0.2) is 17.3 Å². The number of fused-ring (bicyclic) bond motifs is 1. The molecule has 2 rings (SSSR count). The molecule has 2 aliphatic heterocycles. The lowest BCUT2D eigenvalue weighted by Gasteiger charge is -2.19. The second-order valence-corrected chi connectivity index (χ2v) is 4.01. The molecule has 80 valence electrons. The summed E-state index contributed by atoms with van der Waals surface area (Å²) in [4.78, 5) is 14.8. The van der Waals surface area contributed by atoms with Gasteiger partial charge < -0.3 is 9.47 Å². The summed E-state index contributed by atoms with van der Waals surface area (Å²) < 4.78 is 2.02. The van der Waals surface area contributed by atoms with E-state index < -0.39 is 0 Å². The van der Waals surface area contributed by atoms with Crippen LogP contribution in [0.2, 0.25) is 0 Å². The lowest BCUT2D eigenvalue weighted by Crippen LogP contribution is -2.16. The highest BCUT2D eigenvalue weighted by molar-refractivity contribution is 5.67. The Balaban J connectivity index is 2.62. The van der Waals surface area contributed by atoms with Crippen molar-refractivity contribution in [2.24, 2.45) is 0 Å². The van der Waals surface area contributed by atoms with Crippen molar-refractivity contribution in [1.82, 2.24) is 19.5 Å². The predicted molar refractivity (Wildman–Crippen MR) is 59.2 cm³/mol. The Morgan fingerprint density at radius 2 is 1.93 bits per heavy atom. The Morgan fingerprint density at radius 1 is 1.20 bits per heavy atom. The molecule has 0 unspecified atom stereocenters. The summed E-state index contributed by atoms with van der Waals surface area (Å²) in [6.07, 6.45) is 3.40. The summed E-state index contributed by atoms with van der Waals surface area (Å²) in [5, 5.41) is 0. The zero-order chi connectivity index (χ0) is 11.0. The van der Waals surface area contributed by atoms with Gasteiger partial charge in [0.2, 0.25) is 0 Å². The Labute approximate surface area is 89.1 Å². The minimum Gasteiger partial charge on any atom is -0.361 e. The molecule has 2 heterocycles. The SMILES string of the molecule is CC(C)n1cnc(N(C)C)c2ncnc1-2. The van der Waals surface area contributed by atoms with E-state index in [0.29, 0.717) is 6.04 Å². The van der Waals surface area contributed by atoms with Gasteiger partial charge in [-0.25, -0.2) is 15.0 Å². The molecule has 5 heteroatoms. The van der Waals surface area contributed by atoms with Crippen LogP contribution in [0.1, 0.15) is 19.9 Å². The lowest BCUT2D eigenvalue weighted by molar-refractivity contribution is 0.585. The van der Waals surface area contributed by atoms with Gasteiger partial charge in [0.1, 0.15) is 6.33 Å². The summed E-state index contributed by atoms with van der Waals surface area (Å²) in [7, 11) is 3.91. The minimum atomic E-state index is 0.341. The van der Waals surface area contributed by atoms with Crippen LogP contribution in [0.5, 0.6) is 0 Å². The van der Waals surface area contributed by atoms with E-state index in [1.807, 2.05) is 29.9 Å². The fraction of sp³-hybridized carbons (Fsp3) is 0.500. The van der Waals surface area contributed by atoms with Crippen molar-refractivity contribution in [3.05, 3.63) is 12.7 Å². The van der Waals surface area contributed by atoms with Crippen molar-refractivity contribution in [3.63, 3.8) is 0 Å². The zero-order valence-electron chi connectivity index (χ0n) is 9.47. The largest absolute Gasteiger partial charge is 0.361 e. The van der Waals surface area contributed by atoms with Crippen LogP contribution in [0, 0.1) is 0 Å². The van der Waals surface area contributed by atoms with E-state index in [9.17, 15) is 0 Å².